The molecule has 1 aromatic heterocycles. The van der Waals surface area contributed by atoms with Gasteiger partial charge in [-0.05, 0) is 56.4 Å². The number of aromatic amines is 1. The Kier molecular flexibility index (Phi) is 3.48. The van der Waals surface area contributed by atoms with Crippen LogP contribution in [-0.2, 0) is 18.4 Å². The lowest BCUT2D eigenvalue weighted by atomic mass is 9.73. The standard InChI is InChI=1S/C18H20N2O2S/c1-11-5-3-6-12-7-4-9-18(14(11)12)10-8-13-15(21)19-17(23-2)20-16(13)22-18/h3,5-6H,4,7-10H2,1-2H3,(H,19,20,21). The summed E-state index contributed by atoms with van der Waals surface area (Å²) in [7, 11) is 0. The molecule has 0 amide bonds. The maximum Gasteiger partial charge on any atom is 0.258 e. The molecule has 0 bridgehead atoms. The number of ether oxygens (including phenoxy) is 1. The largest absolute Gasteiger partial charge is 0.466 e. The molecule has 2 aliphatic rings. The predicted molar refractivity (Wildman–Crippen MR) is 91.4 cm³/mol. The lowest BCUT2D eigenvalue weighted by molar-refractivity contribution is 0.0181. The molecule has 2 aromatic rings. The van der Waals surface area contributed by atoms with Gasteiger partial charge in [-0.3, -0.25) is 4.79 Å². The molecule has 1 N–H and O–H groups in total. The highest BCUT2D eigenvalue weighted by Crippen LogP contribution is 2.46. The van der Waals surface area contributed by atoms with Crippen LogP contribution in [0, 0.1) is 6.92 Å². The number of fused-ring (bicyclic) bond motifs is 3. The first kappa shape index (κ1) is 14.8. The van der Waals surface area contributed by atoms with E-state index in [9.17, 15) is 4.79 Å². The van der Waals surface area contributed by atoms with E-state index < -0.39 is 0 Å². The average molecular weight is 328 g/mol. The highest BCUT2D eigenvalue weighted by atomic mass is 32.2. The van der Waals surface area contributed by atoms with Gasteiger partial charge < -0.3 is 9.72 Å². The van der Waals surface area contributed by atoms with Crippen molar-refractivity contribution in [1.82, 2.24) is 9.97 Å². The van der Waals surface area contributed by atoms with Crippen LogP contribution in [0.25, 0.3) is 0 Å². The van der Waals surface area contributed by atoms with Crippen LogP contribution in [-0.4, -0.2) is 16.2 Å². The fourth-order valence-corrected chi connectivity index (χ4v) is 4.42. The summed E-state index contributed by atoms with van der Waals surface area (Å²) in [4.78, 5) is 19.6. The molecule has 2 heterocycles. The average Bonchev–Trinajstić information content (AvgIpc) is 2.54. The van der Waals surface area contributed by atoms with Crippen molar-refractivity contribution in [2.24, 2.45) is 0 Å². The molecule has 0 saturated carbocycles. The van der Waals surface area contributed by atoms with Gasteiger partial charge in [-0.2, -0.15) is 4.98 Å². The number of nitrogens with one attached hydrogen (secondary N) is 1. The lowest BCUT2D eigenvalue weighted by Crippen LogP contribution is -2.42. The number of aryl methyl sites for hydroxylation is 2. The molecule has 4 nitrogen and oxygen atoms in total. The Balaban J connectivity index is 1.85. The van der Waals surface area contributed by atoms with Crippen LogP contribution in [0.2, 0.25) is 0 Å². The minimum Gasteiger partial charge on any atom is -0.466 e. The number of hydrogen-bond donors (Lipinski definition) is 1. The number of hydrogen-bond acceptors (Lipinski definition) is 4. The molecule has 4 rings (SSSR count). The number of aromatic nitrogens is 2. The Morgan fingerprint density at radius 1 is 1.30 bits per heavy atom. The smallest absolute Gasteiger partial charge is 0.258 e. The molecule has 1 atom stereocenters. The maximum absolute atomic E-state index is 12.2. The van der Waals surface area contributed by atoms with Crippen LogP contribution >= 0.6 is 11.8 Å². The molecular formula is C18H20N2O2S. The Bertz CT molecular complexity index is 830. The zero-order chi connectivity index (χ0) is 16.0. The van der Waals surface area contributed by atoms with Crippen molar-refractivity contribution >= 4 is 11.8 Å². The van der Waals surface area contributed by atoms with Gasteiger partial charge >= 0.3 is 0 Å². The van der Waals surface area contributed by atoms with Gasteiger partial charge in [0.1, 0.15) is 5.60 Å². The highest BCUT2D eigenvalue weighted by Gasteiger charge is 2.43. The Hall–Kier alpha value is -1.75. The van der Waals surface area contributed by atoms with Crippen LogP contribution in [0.3, 0.4) is 0 Å². The molecule has 1 aliphatic heterocycles. The molecular weight excluding hydrogens is 308 g/mol. The highest BCUT2D eigenvalue weighted by molar-refractivity contribution is 7.98. The van der Waals surface area contributed by atoms with Crippen LogP contribution in [0.5, 0.6) is 5.88 Å². The van der Waals surface area contributed by atoms with Crippen molar-refractivity contribution in [3.8, 4) is 5.88 Å². The van der Waals surface area contributed by atoms with E-state index in [0.29, 0.717) is 16.6 Å². The molecule has 0 fully saturated rings. The van der Waals surface area contributed by atoms with Crippen LogP contribution < -0.4 is 10.3 Å². The summed E-state index contributed by atoms with van der Waals surface area (Å²) in [5, 5.41) is 0.617. The summed E-state index contributed by atoms with van der Waals surface area (Å²) in [6.45, 7) is 2.16. The number of benzene rings is 1. The van der Waals surface area contributed by atoms with Gasteiger partial charge in [0.05, 0.1) is 5.56 Å². The summed E-state index contributed by atoms with van der Waals surface area (Å²) >= 11 is 1.43. The summed E-state index contributed by atoms with van der Waals surface area (Å²) < 4.78 is 6.45. The third kappa shape index (κ3) is 2.29. The van der Waals surface area contributed by atoms with Gasteiger partial charge in [0, 0.05) is 5.56 Å². The van der Waals surface area contributed by atoms with Crippen LogP contribution in [0.4, 0.5) is 0 Å². The summed E-state index contributed by atoms with van der Waals surface area (Å²) in [6.07, 6.45) is 6.69. The Labute approximate surface area is 139 Å². The quantitative estimate of drug-likeness (QED) is 0.644. The molecule has 1 aromatic carbocycles. The van der Waals surface area contributed by atoms with Crippen molar-refractivity contribution in [1.29, 1.82) is 0 Å². The van der Waals surface area contributed by atoms with Crippen molar-refractivity contribution < 1.29 is 4.74 Å². The van der Waals surface area contributed by atoms with E-state index in [-0.39, 0.29) is 11.2 Å². The first-order valence-electron chi connectivity index (χ1n) is 8.08. The molecule has 1 spiro atoms. The minimum atomic E-state index is -0.317. The minimum absolute atomic E-state index is 0.0602. The number of rotatable bonds is 1. The fourth-order valence-electron chi connectivity index (χ4n) is 4.05. The van der Waals surface area contributed by atoms with Gasteiger partial charge in [-0.15, -0.1) is 0 Å². The van der Waals surface area contributed by atoms with Gasteiger partial charge in [0.25, 0.3) is 5.56 Å². The first-order valence-corrected chi connectivity index (χ1v) is 9.30. The van der Waals surface area contributed by atoms with Gasteiger partial charge in [0.2, 0.25) is 5.88 Å². The second-order valence-electron chi connectivity index (χ2n) is 6.42. The molecule has 1 aliphatic carbocycles. The maximum atomic E-state index is 12.2. The Morgan fingerprint density at radius 3 is 3.00 bits per heavy atom. The second-order valence-corrected chi connectivity index (χ2v) is 7.21. The SMILES string of the molecule is CSc1nc2c(c(=O)[nH]1)CCC1(CCCc3cccc(C)c31)O2. The van der Waals surface area contributed by atoms with Crippen LogP contribution in [0.1, 0.15) is 41.5 Å². The van der Waals surface area contributed by atoms with E-state index in [1.54, 1.807) is 0 Å². The number of H-pyrrole nitrogens is 1. The van der Waals surface area contributed by atoms with Gasteiger partial charge in [-0.1, -0.05) is 30.0 Å². The number of nitrogens with zero attached hydrogens (tertiary/aromatic N) is 1. The zero-order valence-electron chi connectivity index (χ0n) is 13.4. The zero-order valence-corrected chi connectivity index (χ0v) is 14.3. The van der Waals surface area contributed by atoms with Gasteiger partial charge in [-0.25, -0.2) is 0 Å². The third-order valence-corrected chi connectivity index (χ3v) is 5.64. The van der Waals surface area contributed by atoms with Crippen LogP contribution in [0.15, 0.2) is 28.2 Å². The molecule has 0 radical (unpaired) electrons. The summed E-state index contributed by atoms with van der Waals surface area (Å²) in [5.74, 6) is 0.528. The van der Waals surface area contributed by atoms with E-state index in [1.807, 2.05) is 6.26 Å². The molecule has 5 heteroatoms. The normalized spacial score (nSPS) is 22.3. The van der Waals surface area contributed by atoms with E-state index in [0.717, 1.165) is 32.1 Å². The van der Waals surface area contributed by atoms with E-state index >= 15 is 0 Å². The summed E-state index contributed by atoms with van der Waals surface area (Å²) in [6, 6.07) is 6.49. The second kappa shape index (κ2) is 5.41. The topological polar surface area (TPSA) is 55.0 Å². The Morgan fingerprint density at radius 2 is 2.17 bits per heavy atom. The predicted octanol–water partition coefficient (Wildman–Crippen LogP) is 3.36. The van der Waals surface area contributed by atoms with Crippen molar-refractivity contribution in [3.63, 3.8) is 0 Å². The summed E-state index contributed by atoms with van der Waals surface area (Å²) in [5.41, 5.74) is 4.30. The van der Waals surface area contributed by atoms with Gasteiger partial charge in [0.15, 0.2) is 5.16 Å². The third-order valence-electron chi connectivity index (χ3n) is 5.06. The van der Waals surface area contributed by atoms with Crippen molar-refractivity contribution in [3.05, 3.63) is 50.8 Å². The fraction of sp³-hybridized carbons (Fsp3) is 0.444. The van der Waals surface area contributed by atoms with E-state index in [2.05, 4.69) is 35.1 Å². The van der Waals surface area contributed by atoms with E-state index in [1.165, 1.54) is 28.5 Å². The molecule has 23 heavy (non-hydrogen) atoms. The monoisotopic (exact) mass is 328 g/mol. The molecule has 0 saturated heterocycles. The lowest BCUT2D eigenvalue weighted by Gasteiger charge is -2.42. The van der Waals surface area contributed by atoms with E-state index in [4.69, 9.17) is 4.74 Å². The number of thioether (sulfide) groups is 1. The molecule has 1 unspecified atom stereocenters. The first-order chi connectivity index (χ1) is 11.1. The molecule has 120 valence electrons. The van der Waals surface area contributed by atoms with Crippen molar-refractivity contribution in [2.45, 2.75) is 49.8 Å². The van der Waals surface area contributed by atoms with Crippen molar-refractivity contribution in [2.75, 3.05) is 6.26 Å².